The van der Waals surface area contributed by atoms with Crippen LogP contribution in [0, 0.1) is 5.92 Å². The maximum Gasteiger partial charge on any atom is 0.413 e. The molecule has 0 aromatic heterocycles. The van der Waals surface area contributed by atoms with E-state index in [1.165, 1.54) is 0 Å². The van der Waals surface area contributed by atoms with Gasteiger partial charge in [0.05, 0.1) is 0 Å². The molecule has 1 rings (SSSR count). The Morgan fingerprint density at radius 2 is 1.69 bits per heavy atom. The van der Waals surface area contributed by atoms with Crippen LogP contribution in [0.3, 0.4) is 0 Å². The van der Waals surface area contributed by atoms with Gasteiger partial charge in [0.1, 0.15) is 5.60 Å². The van der Waals surface area contributed by atoms with Crippen LogP contribution in [-0.4, -0.2) is 37.3 Å². The third-order valence-electron chi connectivity index (χ3n) is 5.29. The Hall–Kier alpha value is -0.663. The summed E-state index contributed by atoms with van der Waals surface area (Å²) in [5, 5.41) is 6.41. The fourth-order valence-corrected chi connectivity index (χ4v) is 4.56. The van der Waals surface area contributed by atoms with E-state index < -0.39 is 20.0 Å². The fourth-order valence-electron chi connectivity index (χ4n) is 2.85. The molecule has 0 saturated heterocycles. The van der Waals surface area contributed by atoms with E-state index in [0.29, 0.717) is 17.1 Å². The molecule has 26 heavy (non-hydrogen) atoms. The monoisotopic (exact) mass is 402 g/mol. The molecule has 3 atom stereocenters. The standard InChI is InChI=1S/C19H38N2O3SSi/c1-13-12-14(20-16(25)21-17(22)23-18(2,3)4)10-11-15(13)24-26(8,9)19(5,6)7/h13-15H,10-12H2,1-9H3,(H2,20,21,22,25). The maximum atomic E-state index is 11.8. The lowest BCUT2D eigenvalue weighted by Crippen LogP contribution is -2.51. The second-order valence-electron chi connectivity index (χ2n) is 10.0. The molecule has 1 fully saturated rings. The number of nitrogens with one attached hydrogen (secondary N) is 2. The van der Waals surface area contributed by atoms with Gasteiger partial charge in [0.15, 0.2) is 13.4 Å². The van der Waals surface area contributed by atoms with Gasteiger partial charge in [-0.15, -0.1) is 0 Å². The maximum absolute atomic E-state index is 11.8. The molecular weight excluding hydrogens is 364 g/mol. The van der Waals surface area contributed by atoms with Gasteiger partial charge in [-0.25, -0.2) is 4.79 Å². The van der Waals surface area contributed by atoms with E-state index in [-0.39, 0.29) is 11.1 Å². The molecule has 7 heteroatoms. The molecule has 5 nitrogen and oxygen atoms in total. The largest absolute Gasteiger partial charge is 0.444 e. The molecule has 0 radical (unpaired) electrons. The van der Waals surface area contributed by atoms with E-state index in [1.54, 1.807) is 0 Å². The van der Waals surface area contributed by atoms with E-state index in [4.69, 9.17) is 21.4 Å². The number of alkyl carbamates (subject to hydrolysis) is 1. The highest BCUT2D eigenvalue weighted by Gasteiger charge is 2.41. The number of rotatable bonds is 3. The SMILES string of the molecule is CC1CC(NC(=S)NC(=O)OC(C)(C)C)CCC1O[Si](C)(C)C(C)(C)C. The van der Waals surface area contributed by atoms with E-state index in [1.807, 2.05) is 20.8 Å². The zero-order valence-electron chi connectivity index (χ0n) is 18.0. The Balaban J connectivity index is 2.49. The summed E-state index contributed by atoms with van der Waals surface area (Å²) in [6.07, 6.45) is 2.77. The predicted octanol–water partition coefficient (Wildman–Crippen LogP) is 4.96. The van der Waals surface area contributed by atoms with Gasteiger partial charge in [-0.3, -0.25) is 5.32 Å². The summed E-state index contributed by atoms with van der Waals surface area (Å²) in [4.78, 5) is 11.8. The van der Waals surface area contributed by atoms with Gasteiger partial charge < -0.3 is 14.5 Å². The molecule has 0 aliphatic heterocycles. The summed E-state index contributed by atoms with van der Waals surface area (Å²) in [7, 11) is -1.75. The Morgan fingerprint density at radius 3 is 2.15 bits per heavy atom. The Morgan fingerprint density at radius 1 is 1.12 bits per heavy atom. The number of amides is 1. The first-order valence-electron chi connectivity index (χ1n) is 9.59. The number of thiocarbonyl (C=S) groups is 1. The zero-order chi connectivity index (χ0) is 20.3. The lowest BCUT2D eigenvalue weighted by atomic mass is 9.85. The summed E-state index contributed by atoms with van der Waals surface area (Å²) < 4.78 is 11.8. The van der Waals surface area contributed by atoms with Gasteiger partial charge in [0.2, 0.25) is 0 Å². The van der Waals surface area contributed by atoms with Crippen LogP contribution in [-0.2, 0) is 9.16 Å². The van der Waals surface area contributed by atoms with E-state index in [9.17, 15) is 4.79 Å². The van der Waals surface area contributed by atoms with Crippen molar-refractivity contribution in [3.05, 3.63) is 0 Å². The van der Waals surface area contributed by atoms with Crippen molar-refractivity contribution in [1.82, 2.24) is 10.6 Å². The topological polar surface area (TPSA) is 59.6 Å². The molecule has 0 bridgehead atoms. The number of carbonyl (C=O) groups excluding carboxylic acids is 1. The average Bonchev–Trinajstić information content (AvgIpc) is 2.37. The first kappa shape index (κ1) is 23.4. The van der Waals surface area contributed by atoms with E-state index >= 15 is 0 Å². The van der Waals surface area contributed by atoms with Crippen molar-refractivity contribution < 1.29 is 14.0 Å². The first-order chi connectivity index (χ1) is 11.6. The third-order valence-corrected chi connectivity index (χ3v) is 10.0. The van der Waals surface area contributed by atoms with Crippen molar-refractivity contribution in [2.24, 2.45) is 5.92 Å². The van der Waals surface area contributed by atoms with Crippen LogP contribution in [0.5, 0.6) is 0 Å². The molecule has 3 unspecified atom stereocenters. The van der Waals surface area contributed by atoms with Crippen molar-refractivity contribution >= 4 is 31.7 Å². The Labute approximate surface area is 166 Å². The highest BCUT2D eigenvalue weighted by atomic mass is 32.1. The number of carbonyl (C=O) groups is 1. The van der Waals surface area contributed by atoms with Crippen LogP contribution in [0.1, 0.15) is 67.7 Å². The van der Waals surface area contributed by atoms with Crippen molar-refractivity contribution in [2.45, 2.75) is 104 Å². The molecule has 1 aliphatic rings. The van der Waals surface area contributed by atoms with Crippen LogP contribution >= 0.6 is 12.2 Å². The summed E-state index contributed by atoms with van der Waals surface area (Å²) >= 11 is 5.26. The Bertz CT molecular complexity index is 512. The molecule has 0 spiro atoms. The molecule has 1 amide bonds. The molecule has 152 valence electrons. The normalized spacial score (nSPS) is 24.7. The molecule has 1 aliphatic carbocycles. The first-order valence-corrected chi connectivity index (χ1v) is 12.9. The second-order valence-corrected chi connectivity index (χ2v) is 15.2. The summed E-state index contributed by atoms with van der Waals surface area (Å²) in [6, 6.07) is 0.256. The highest BCUT2D eigenvalue weighted by Crippen LogP contribution is 2.40. The van der Waals surface area contributed by atoms with Crippen LogP contribution in [0.4, 0.5) is 4.79 Å². The minimum atomic E-state index is -1.75. The van der Waals surface area contributed by atoms with Crippen LogP contribution in [0.15, 0.2) is 0 Å². The minimum absolute atomic E-state index is 0.223. The summed E-state index contributed by atoms with van der Waals surface area (Å²) in [6.45, 7) is 19.2. The Kier molecular flexibility index (Phi) is 7.70. The zero-order valence-corrected chi connectivity index (χ0v) is 19.8. The van der Waals surface area contributed by atoms with Gasteiger partial charge >= 0.3 is 6.09 Å². The van der Waals surface area contributed by atoms with Crippen LogP contribution < -0.4 is 10.6 Å². The van der Waals surface area contributed by atoms with Crippen molar-refractivity contribution in [2.75, 3.05) is 0 Å². The number of hydrogen-bond donors (Lipinski definition) is 2. The minimum Gasteiger partial charge on any atom is -0.444 e. The number of ether oxygens (including phenoxy) is 1. The van der Waals surface area contributed by atoms with Crippen molar-refractivity contribution in [3.63, 3.8) is 0 Å². The second kappa shape index (κ2) is 8.57. The van der Waals surface area contributed by atoms with E-state index in [0.717, 1.165) is 19.3 Å². The molecule has 0 aromatic rings. The molecule has 0 heterocycles. The molecule has 0 aromatic carbocycles. The van der Waals surface area contributed by atoms with Gasteiger partial charge in [-0.05, 0) is 76.3 Å². The summed E-state index contributed by atoms with van der Waals surface area (Å²) in [5.41, 5.74) is -0.534. The van der Waals surface area contributed by atoms with Crippen LogP contribution in [0.25, 0.3) is 0 Å². The van der Waals surface area contributed by atoms with Crippen LogP contribution in [0.2, 0.25) is 18.1 Å². The van der Waals surface area contributed by atoms with Crippen molar-refractivity contribution in [3.8, 4) is 0 Å². The van der Waals surface area contributed by atoms with Crippen molar-refractivity contribution in [1.29, 1.82) is 0 Å². The average molecular weight is 403 g/mol. The molecular formula is C19H38N2O3SSi. The van der Waals surface area contributed by atoms with Gasteiger partial charge in [-0.2, -0.15) is 0 Å². The smallest absolute Gasteiger partial charge is 0.413 e. The molecule has 2 N–H and O–H groups in total. The van der Waals surface area contributed by atoms with E-state index in [2.05, 4.69) is 51.4 Å². The quantitative estimate of drug-likeness (QED) is 0.516. The van der Waals surface area contributed by atoms with Gasteiger partial charge in [0.25, 0.3) is 0 Å². The fraction of sp³-hybridized carbons (Fsp3) is 0.895. The summed E-state index contributed by atoms with van der Waals surface area (Å²) in [5.74, 6) is 0.458. The lowest BCUT2D eigenvalue weighted by Gasteiger charge is -2.43. The highest BCUT2D eigenvalue weighted by molar-refractivity contribution is 7.80. The predicted molar refractivity (Wildman–Crippen MR) is 114 cm³/mol. The molecule has 1 saturated carbocycles. The third kappa shape index (κ3) is 7.52. The van der Waals surface area contributed by atoms with Gasteiger partial charge in [0, 0.05) is 12.1 Å². The van der Waals surface area contributed by atoms with Gasteiger partial charge in [-0.1, -0.05) is 27.7 Å². The lowest BCUT2D eigenvalue weighted by molar-refractivity contribution is 0.0559. The number of hydrogen-bond acceptors (Lipinski definition) is 4.